The molecule has 0 atom stereocenters. The van der Waals surface area contributed by atoms with Crippen LogP contribution in [0.2, 0.25) is 0 Å². The van der Waals surface area contributed by atoms with Crippen molar-refractivity contribution in [1.82, 2.24) is 4.90 Å². The lowest BCUT2D eigenvalue weighted by atomic mass is 9.99. The summed E-state index contributed by atoms with van der Waals surface area (Å²) in [6.07, 6.45) is 0.837. The van der Waals surface area contributed by atoms with Crippen molar-refractivity contribution in [2.24, 2.45) is 11.5 Å². The van der Waals surface area contributed by atoms with E-state index in [1.165, 1.54) is 17.3 Å². The maximum atomic E-state index is 12.7. The average Bonchev–Trinajstić information content (AvgIpc) is 2.65. The number of amides is 3. The zero-order chi connectivity index (χ0) is 20.1. The molecule has 1 heterocycles. The third-order valence-electron chi connectivity index (χ3n) is 4.44. The lowest BCUT2D eigenvalue weighted by Crippen LogP contribution is -2.37. The summed E-state index contributed by atoms with van der Waals surface area (Å²) in [7, 11) is 0. The fourth-order valence-electron chi connectivity index (χ4n) is 3.18. The van der Waals surface area contributed by atoms with E-state index in [-0.39, 0.29) is 24.1 Å². The minimum absolute atomic E-state index is 0.110. The van der Waals surface area contributed by atoms with Gasteiger partial charge in [-0.25, -0.2) is 0 Å². The predicted octanol–water partition coefficient (Wildman–Crippen LogP) is 1.36. The topological polar surface area (TPSA) is 119 Å². The van der Waals surface area contributed by atoms with E-state index >= 15 is 0 Å². The number of benzene rings is 2. The van der Waals surface area contributed by atoms with Gasteiger partial charge in [0.25, 0.3) is 5.91 Å². The van der Waals surface area contributed by atoms with Crippen LogP contribution >= 0.6 is 11.8 Å². The highest BCUT2D eigenvalue weighted by molar-refractivity contribution is 8.00. The second-order valence-electron chi connectivity index (χ2n) is 6.62. The van der Waals surface area contributed by atoms with Gasteiger partial charge in [-0.3, -0.25) is 19.3 Å². The van der Waals surface area contributed by atoms with Crippen LogP contribution in [0.4, 0.5) is 5.69 Å². The molecule has 1 aliphatic heterocycles. The van der Waals surface area contributed by atoms with Gasteiger partial charge in [0.2, 0.25) is 11.8 Å². The van der Waals surface area contributed by atoms with E-state index in [9.17, 15) is 14.4 Å². The number of nitrogens with two attached hydrogens (primary N) is 2. The Balaban J connectivity index is 1.73. The minimum Gasteiger partial charge on any atom is -0.369 e. The number of anilines is 1. The average molecular weight is 398 g/mol. The van der Waals surface area contributed by atoms with Crippen molar-refractivity contribution in [2.45, 2.75) is 17.9 Å². The second-order valence-corrected chi connectivity index (χ2v) is 7.63. The zero-order valence-corrected chi connectivity index (χ0v) is 16.1. The first-order valence-corrected chi connectivity index (χ1v) is 9.85. The van der Waals surface area contributed by atoms with Gasteiger partial charge in [0.15, 0.2) is 0 Å². The molecule has 0 saturated carbocycles. The molecule has 146 valence electrons. The van der Waals surface area contributed by atoms with E-state index < -0.39 is 5.91 Å². The Kier molecular flexibility index (Phi) is 6.33. The normalized spacial score (nSPS) is 13.6. The van der Waals surface area contributed by atoms with Gasteiger partial charge in [-0.15, -0.1) is 11.8 Å². The molecule has 2 aromatic carbocycles. The molecule has 0 aliphatic carbocycles. The van der Waals surface area contributed by atoms with E-state index in [0.29, 0.717) is 22.7 Å². The Labute approximate surface area is 167 Å². The molecule has 8 heteroatoms. The monoisotopic (exact) mass is 398 g/mol. The first-order valence-electron chi connectivity index (χ1n) is 8.86. The van der Waals surface area contributed by atoms with Gasteiger partial charge in [-0.05, 0) is 41.8 Å². The van der Waals surface area contributed by atoms with E-state index in [2.05, 4.69) is 5.32 Å². The van der Waals surface area contributed by atoms with Crippen LogP contribution in [0.5, 0.6) is 0 Å². The molecule has 0 saturated heterocycles. The molecule has 0 fully saturated rings. The Hall–Kier alpha value is -2.84. The lowest BCUT2D eigenvalue weighted by molar-refractivity contribution is -0.119. The van der Waals surface area contributed by atoms with Crippen LogP contribution in [0.1, 0.15) is 21.5 Å². The molecule has 2 aromatic rings. The molecule has 0 spiro atoms. The number of hydrogen-bond acceptors (Lipinski definition) is 5. The minimum atomic E-state index is -0.435. The summed E-state index contributed by atoms with van der Waals surface area (Å²) in [4.78, 5) is 37.6. The molecule has 3 amide bonds. The zero-order valence-electron chi connectivity index (χ0n) is 15.3. The number of carbonyl (C=O) groups is 3. The van der Waals surface area contributed by atoms with Crippen molar-refractivity contribution in [3.63, 3.8) is 0 Å². The summed E-state index contributed by atoms with van der Waals surface area (Å²) in [6.45, 7) is 1.62. The highest BCUT2D eigenvalue weighted by Gasteiger charge is 2.19. The molecule has 0 radical (unpaired) electrons. The Bertz CT molecular complexity index is 916. The van der Waals surface area contributed by atoms with Gasteiger partial charge in [0, 0.05) is 23.7 Å². The SMILES string of the molecule is NC(=O)CSc1ccccc1C(=O)Nc1ccc2c(c1)CN(CC(N)=O)CC2. The fourth-order valence-corrected chi connectivity index (χ4v) is 3.96. The Morgan fingerprint density at radius 1 is 1.04 bits per heavy atom. The van der Waals surface area contributed by atoms with Crippen LogP contribution in [-0.2, 0) is 22.6 Å². The van der Waals surface area contributed by atoms with Crippen LogP contribution < -0.4 is 16.8 Å². The van der Waals surface area contributed by atoms with Gasteiger partial charge in [0.1, 0.15) is 0 Å². The Morgan fingerprint density at radius 3 is 2.57 bits per heavy atom. The summed E-state index contributed by atoms with van der Waals surface area (Å²) in [5.41, 5.74) is 13.9. The van der Waals surface area contributed by atoms with Crippen LogP contribution in [0, 0.1) is 0 Å². The maximum absolute atomic E-state index is 12.7. The number of hydrogen-bond donors (Lipinski definition) is 3. The highest BCUT2D eigenvalue weighted by atomic mass is 32.2. The quantitative estimate of drug-likeness (QED) is 0.609. The summed E-state index contributed by atoms with van der Waals surface area (Å²) >= 11 is 1.24. The van der Waals surface area contributed by atoms with Gasteiger partial charge >= 0.3 is 0 Å². The second kappa shape index (κ2) is 8.90. The van der Waals surface area contributed by atoms with E-state index in [1.807, 2.05) is 29.2 Å². The third-order valence-corrected chi connectivity index (χ3v) is 5.53. The smallest absolute Gasteiger partial charge is 0.256 e. The standard InChI is InChI=1S/C20H22N4O3S/c21-18(25)11-24-8-7-13-5-6-15(9-14(13)10-24)23-20(27)16-3-1-2-4-17(16)28-12-19(22)26/h1-6,9H,7-8,10-12H2,(H2,21,25)(H2,22,26)(H,23,27). The molecule has 5 N–H and O–H groups in total. The number of nitrogens with zero attached hydrogens (tertiary/aromatic N) is 1. The molecule has 3 rings (SSSR count). The summed E-state index contributed by atoms with van der Waals surface area (Å²) in [5.74, 6) is -0.926. The van der Waals surface area contributed by atoms with Crippen LogP contribution in [0.15, 0.2) is 47.4 Å². The number of thioether (sulfide) groups is 1. The van der Waals surface area contributed by atoms with E-state index in [4.69, 9.17) is 11.5 Å². The predicted molar refractivity (Wildman–Crippen MR) is 109 cm³/mol. The summed E-state index contributed by atoms with van der Waals surface area (Å²) < 4.78 is 0. The number of primary amides is 2. The number of carbonyl (C=O) groups excluding carboxylic acids is 3. The molecule has 1 aliphatic rings. The number of nitrogens with one attached hydrogen (secondary N) is 1. The molecular weight excluding hydrogens is 376 g/mol. The number of rotatable bonds is 7. The van der Waals surface area contributed by atoms with Gasteiger partial charge in [-0.2, -0.15) is 0 Å². The number of fused-ring (bicyclic) bond motifs is 1. The van der Waals surface area contributed by atoms with Crippen molar-refractivity contribution >= 4 is 35.2 Å². The largest absolute Gasteiger partial charge is 0.369 e. The molecule has 0 unspecified atom stereocenters. The van der Waals surface area contributed by atoms with Crippen molar-refractivity contribution in [1.29, 1.82) is 0 Å². The molecular formula is C20H22N4O3S. The van der Waals surface area contributed by atoms with Crippen LogP contribution in [0.25, 0.3) is 0 Å². The van der Waals surface area contributed by atoms with Gasteiger partial charge in [0.05, 0.1) is 17.9 Å². The molecule has 0 aromatic heterocycles. The van der Waals surface area contributed by atoms with Crippen molar-refractivity contribution in [2.75, 3.05) is 24.2 Å². The summed E-state index contributed by atoms with van der Waals surface area (Å²) in [6, 6.07) is 12.9. The van der Waals surface area contributed by atoms with Crippen molar-refractivity contribution in [3.05, 3.63) is 59.2 Å². The molecule has 0 bridgehead atoms. The Morgan fingerprint density at radius 2 is 1.82 bits per heavy atom. The van der Waals surface area contributed by atoms with Crippen LogP contribution in [0.3, 0.4) is 0 Å². The third kappa shape index (κ3) is 5.11. The van der Waals surface area contributed by atoms with E-state index in [1.54, 1.807) is 18.2 Å². The summed E-state index contributed by atoms with van der Waals surface area (Å²) in [5, 5.41) is 2.91. The lowest BCUT2D eigenvalue weighted by Gasteiger charge is -2.28. The molecule has 7 nitrogen and oxygen atoms in total. The maximum Gasteiger partial charge on any atom is 0.256 e. The van der Waals surface area contributed by atoms with Gasteiger partial charge < -0.3 is 16.8 Å². The molecule has 28 heavy (non-hydrogen) atoms. The fraction of sp³-hybridized carbons (Fsp3) is 0.250. The van der Waals surface area contributed by atoms with E-state index in [0.717, 1.165) is 18.5 Å². The highest BCUT2D eigenvalue weighted by Crippen LogP contribution is 2.25. The first-order chi connectivity index (χ1) is 13.4. The van der Waals surface area contributed by atoms with Crippen LogP contribution in [-0.4, -0.2) is 41.5 Å². The van der Waals surface area contributed by atoms with Crippen molar-refractivity contribution in [3.8, 4) is 0 Å². The first kappa shape index (κ1) is 19.9. The van der Waals surface area contributed by atoms with Crippen molar-refractivity contribution < 1.29 is 14.4 Å². The van der Waals surface area contributed by atoms with Gasteiger partial charge in [-0.1, -0.05) is 18.2 Å².